The third kappa shape index (κ3) is 5.83. The van der Waals surface area contributed by atoms with E-state index in [-0.39, 0.29) is 5.75 Å². The zero-order chi connectivity index (χ0) is 16.5. The third-order valence-corrected chi connectivity index (χ3v) is 3.47. The van der Waals surface area contributed by atoms with Crippen molar-refractivity contribution in [3.05, 3.63) is 60.2 Å². The van der Waals surface area contributed by atoms with E-state index in [1.165, 1.54) is 0 Å². The van der Waals surface area contributed by atoms with Crippen molar-refractivity contribution in [3.63, 3.8) is 0 Å². The van der Waals surface area contributed by atoms with E-state index in [0.717, 1.165) is 11.1 Å². The summed E-state index contributed by atoms with van der Waals surface area (Å²) in [5.41, 5.74) is 2.77. The van der Waals surface area contributed by atoms with Crippen molar-refractivity contribution in [1.82, 2.24) is 0 Å². The molecule has 1 atom stereocenters. The lowest BCUT2D eigenvalue weighted by Gasteiger charge is -2.08. The molecule has 0 bridgehead atoms. The highest BCUT2D eigenvalue weighted by Gasteiger charge is 2.14. The molecule has 0 aliphatic carbocycles. The van der Waals surface area contributed by atoms with Crippen LogP contribution in [0.25, 0.3) is 11.1 Å². The zero-order valence-corrected chi connectivity index (χ0v) is 13.4. The lowest BCUT2D eigenvalue weighted by molar-refractivity contribution is -0.136. The summed E-state index contributed by atoms with van der Waals surface area (Å²) in [7, 11) is 0. The molecule has 0 heterocycles. The van der Waals surface area contributed by atoms with E-state index in [1.54, 1.807) is 6.07 Å². The zero-order valence-electron chi connectivity index (χ0n) is 11.6. The predicted octanol–water partition coefficient (Wildman–Crippen LogP) is 3.41. The Morgan fingerprint density at radius 3 is 2.00 bits per heavy atom. The van der Waals surface area contributed by atoms with E-state index in [4.69, 9.17) is 10.2 Å². The van der Waals surface area contributed by atoms with Gasteiger partial charge in [-0.25, -0.2) is 0 Å². The number of carbonyl (C=O) groups is 2. The highest BCUT2D eigenvalue weighted by Crippen LogP contribution is 2.26. The molecule has 0 fully saturated rings. The Morgan fingerprint density at radius 1 is 0.955 bits per heavy atom. The average molecular weight is 336 g/mol. The molecule has 0 radical (unpaired) electrons. The van der Waals surface area contributed by atoms with Crippen LogP contribution in [0.2, 0.25) is 0 Å². The van der Waals surface area contributed by atoms with E-state index in [2.05, 4.69) is 25.3 Å². The molecule has 0 amide bonds. The molecule has 0 saturated heterocycles. The second-order valence-corrected chi connectivity index (χ2v) is 5.12. The van der Waals surface area contributed by atoms with Crippen molar-refractivity contribution in [2.45, 2.75) is 5.25 Å². The summed E-state index contributed by atoms with van der Waals surface area (Å²) in [6, 6.07) is 17.3. The summed E-state index contributed by atoms with van der Waals surface area (Å²) < 4.78 is 0. The molecule has 6 heteroatoms. The molecule has 0 spiro atoms. The van der Waals surface area contributed by atoms with Gasteiger partial charge >= 0.3 is 11.9 Å². The van der Waals surface area contributed by atoms with Crippen LogP contribution in [0.3, 0.4) is 0 Å². The molecule has 0 aromatic heterocycles. The van der Waals surface area contributed by atoms with Crippen molar-refractivity contribution in [2.75, 3.05) is 5.75 Å². The summed E-state index contributed by atoms with van der Waals surface area (Å²) in [5, 5.41) is 15.8. The van der Waals surface area contributed by atoms with Gasteiger partial charge in [0.2, 0.25) is 0 Å². The standard InChI is InChI=1S/C14H12O2S.C2H4O2S/c15-14(16)13(17)12-8-4-7-11(9-12)10-5-2-1-3-6-10;3-2(4)1-5/h1-9,13,17H,(H,15,16);5H,1H2,(H,3,4)/t13-;/m1./s1. The van der Waals surface area contributed by atoms with Gasteiger partial charge in [0.1, 0.15) is 5.25 Å². The Hall–Kier alpha value is -1.92. The van der Waals surface area contributed by atoms with Crippen LogP contribution in [0.4, 0.5) is 0 Å². The van der Waals surface area contributed by atoms with Gasteiger partial charge in [0.25, 0.3) is 0 Å². The molecule has 2 N–H and O–H groups in total. The van der Waals surface area contributed by atoms with Gasteiger partial charge in [0, 0.05) is 0 Å². The SMILES string of the molecule is O=C(O)CS.O=C(O)[C@H](S)c1cccc(-c2ccccc2)c1. The summed E-state index contributed by atoms with van der Waals surface area (Å²) >= 11 is 7.49. The van der Waals surface area contributed by atoms with Crippen molar-refractivity contribution in [2.24, 2.45) is 0 Å². The van der Waals surface area contributed by atoms with Crippen molar-refractivity contribution >= 4 is 37.2 Å². The fraction of sp³-hybridized carbons (Fsp3) is 0.125. The topological polar surface area (TPSA) is 74.6 Å². The molecular weight excluding hydrogens is 320 g/mol. The number of benzene rings is 2. The van der Waals surface area contributed by atoms with Crippen molar-refractivity contribution in [1.29, 1.82) is 0 Å². The number of thiol groups is 2. The van der Waals surface area contributed by atoms with Crippen LogP contribution in [0, 0.1) is 0 Å². The summed E-state index contributed by atoms with van der Waals surface area (Å²) in [6.45, 7) is 0. The Labute approximate surface area is 139 Å². The molecule has 0 unspecified atom stereocenters. The maximum atomic E-state index is 10.9. The molecule has 0 saturated carbocycles. The van der Waals surface area contributed by atoms with E-state index < -0.39 is 17.2 Å². The highest BCUT2D eigenvalue weighted by molar-refractivity contribution is 7.81. The molecular formula is C16H16O4S2. The fourth-order valence-electron chi connectivity index (χ4n) is 1.66. The number of carboxylic acid groups (broad SMARTS) is 2. The quantitative estimate of drug-likeness (QED) is 0.646. The number of hydrogen-bond acceptors (Lipinski definition) is 4. The first-order valence-electron chi connectivity index (χ1n) is 6.34. The minimum atomic E-state index is -0.932. The Kier molecular flexibility index (Phi) is 7.56. The van der Waals surface area contributed by atoms with Crippen LogP contribution < -0.4 is 0 Å². The van der Waals surface area contributed by atoms with Gasteiger partial charge in [0.05, 0.1) is 5.75 Å². The van der Waals surface area contributed by atoms with Gasteiger partial charge in [-0.2, -0.15) is 25.3 Å². The molecule has 4 nitrogen and oxygen atoms in total. The predicted molar refractivity (Wildman–Crippen MR) is 92.7 cm³/mol. The third-order valence-electron chi connectivity index (χ3n) is 2.68. The number of rotatable bonds is 4. The highest BCUT2D eigenvalue weighted by atomic mass is 32.1. The molecule has 0 aliphatic rings. The largest absolute Gasteiger partial charge is 0.481 e. The first-order chi connectivity index (χ1) is 10.5. The second-order valence-electron chi connectivity index (χ2n) is 4.28. The van der Waals surface area contributed by atoms with E-state index in [9.17, 15) is 9.59 Å². The summed E-state index contributed by atoms with van der Waals surface area (Å²) in [5.74, 6) is -1.90. The van der Waals surface area contributed by atoms with Gasteiger partial charge < -0.3 is 10.2 Å². The Bertz CT molecular complexity index is 629. The van der Waals surface area contributed by atoms with Gasteiger partial charge in [-0.1, -0.05) is 48.5 Å². The van der Waals surface area contributed by atoms with Gasteiger partial charge in [-0.05, 0) is 22.8 Å². The smallest absolute Gasteiger partial charge is 0.320 e. The average Bonchev–Trinajstić information content (AvgIpc) is 2.55. The first-order valence-corrected chi connectivity index (χ1v) is 7.49. The van der Waals surface area contributed by atoms with Crippen molar-refractivity contribution < 1.29 is 19.8 Å². The van der Waals surface area contributed by atoms with E-state index in [1.807, 2.05) is 48.5 Å². The second kappa shape index (κ2) is 9.17. The minimum absolute atomic E-state index is 0.0833. The Balaban J connectivity index is 0.000000422. The van der Waals surface area contributed by atoms with Crippen molar-refractivity contribution in [3.8, 4) is 11.1 Å². The lowest BCUT2D eigenvalue weighted by atomic mass is 10.0. The van der Waals surface area contributed by atoms with Gasteiger partial charge in [0.15, 0.2) is 0 Å². The van der Waals surface area contributed by atoms with Crippen LogP contribution in [-0.4, -0.2) is 27.9 Å². The fourth-order valence-corrected chi connectivity index (χ4v) is 1.82. The summed E-state index contributed by atoms with van der Waals surface area (Å²) in [4.78, 5) is 20.2. The minimum Gasteiger partial charge on any atom is -0.481 e. The van der Waals surface area contributed by atoms with Crippen LogP contribution in [0.5, 0.6) is 0 Å². The molecule has 2 aromatic carbocycles. The van der Waals surface area contributed by atoms with Crippen LogP contribution >= 0.6 is 25.3 Å². The van der Waals surface area contributed by atoms with E-state index in [0.29, 0.717) is 5.56 Å². The van der Waals surface area contributed by atoms with E-state index >= 15 is 0 Å². The normalized spacial score (nSPS) is 11.0. The van der Waals surface area contributed by atoms with Crippen LogP contribution in [0.1, 0.15) is 10.8 Å². The van der Waals surface area contributed by atoms with Gasteiger partial charge in [-0.3, -0.25) is 9.59 Å². The number of hydrogen-bond donors (Lipinski definition) is 4. The maximum Gasteiger partial charge on any atom is 0.320 e. The monoisotopic (exact) mass is 336 g/mol. The molecule has 22 heavy (non-hydrogen) atoms. The molecule has 0 aliphatic heterocycles. The van der Waals surface area contributed by atoms with Crippen LogP contribution in [-0.2, 0) is 9.59 Å². The molecule has 116 valence electrons. The van der Waals surface area contributed by atoms with Gasteiger partial charge in [-0.15, -0.1) is 0 Å². The molecule has 2 aromatic rings. The molecule has 2 rings (SSSR count). The Morgan fingerprint density at radius 2 is 1.50 bits per heavy atom. The van der Waals surface area contributed by atoms with Crippen LogP contribution in [0.15, 0.2) is 54.6 Å². The lowest BCUT2D eigenvalue weighted by Crippen LogP contribution is -2.04. The maximum absolute atomic E-state index is 10.9. The summed E-state index contributed by atoms with van der Waals surface area (Å²) in [6.07, 6.45) is 0. The number of aliphatic carboxylic acids is 2. The first kappa shape index (κ1) is 18.1. The number of carboxylic acids is 2.